The van der Waals surface area contributed by atoms with E-state index in [0.29, 0.717) is 12.1 Å². The minimum absolute atomic E-state index is 0. The molecule has 1 heterocycles. The minimum atomic E-state index is -0.674. The predicted octanol–water partition coefficient (Wildman–Crippen LogP) is 3.80. The lowest BCUT2D eigenvalue weighted by Crippen LogP contribution is -2.44. The molecule has 3 nitrogen and oxygen atoms in total. The van der Waals surface area contributed by atoms with E-state index in [1.807, 2.05) is 0 Å². The molecule has 1 aromatic rings. The average molecular weight is 381 g/mol. The zero-order valence-corrected chi connectivity index (χ0v) is 16.4. The maximum Gasteiger partial charge on any atom is 0.123 e. The molecule has 6 heteroatoms. The minimum Gasteiger partial charge on any atom is -0.387 e. The molecular formula is C18H31Cl2FN2O. The van der Waals surface area contributed by atoms with E-state index in [4.69, 9.17) is 0 Å². The second kappa shape index (κ2) is 10.6. The van der Waals surface area contributed by atoms with Gasteiger partial charge in [-0.05, 0) is 76.9 Å². The number of piperidine rings is 1. The van der Waals surface area contributed by atoms with Crippen molar-refractivity contribution in [1.29, 1.82) is 0 Å². The number of aliphatic hydroxyl groups excluding tert-OH is 1. The van der Waals surface area contributed by atoms with Gasteiger partial charge in [-0.3, -0.25) is 0 Å². The highest BCUT2D eigenvalue weighted by Gasteiger charge is 2.26. The lowest BCUT2D eigenvalue weighted by Gasteiger charge is -2.36. The third kappa shape index (κ3) is 7.66. The van der Waals surface area contributed by atoms with E-state index in [9.17, 15) is 9.50 Å². The van der Waals surface area contributed by atoms with Gasteiger partial charge < -0.3 is 15.3 Å². The standard InChI is InChI=1S/C18H29FN2O.2ClH/c1-18(2,12-14-7-9-21(3)10-8-14)20-13-17(22)15-5-4-6-16(19)11-15;;/h4-6,11,14,17,20,22H,7-10,12-13H2,1-3H3;2*1H/t17-;;/m0../s1. The summed E-state index contributed by atoms with van der Waals surface area (Å²) in [7, 11) is 2.18. The van der Waals surface area contributed by atoms with Gasteiger partial charge in [-0.2, -0.15) is 0 Å². The van der Waals surface area contributed by atoms with Crippen LogP contribution < -0.4 is 5.32 Å². The van der Waals surface area contributed by atoms with Crippen LogP contribution in [0, 0.1) is 11.7 Å². The number of aliphatic hydroxyl groups is 1. The van der Waals surface area contributed by atoms with Gasteiger partial charge >= 0.3 is 0 Å². The fourth-order valence-electron chi connectivity index (χ4n) is 3.26. The van der Waals surface area contributed by atoms with Gasteiger partial charge in [0.05, 0.1) is 6.10 Å². The van der Waals surface area contributed by atoms with E-state index < -0.39 is 6.10 Å². The Balaban J connectivity index is 0.00000264. The molecule has 2 rings (SSSR count). The van der Waals surface area contributed by atoms with E-state index in [0.717, 1.165) is 12.3 Å². The van der Waals surface area contributed by atoms with Gasteiger partial charge in [0.15, 0.2) is 0 Å². The molecule has 140 valence electrons. The molecule has 1 aromatic carbocycles. The second-order valence-corrected chi connectivity index (χ2v) is 7.29. The van der Waals surface area contributed by atoms with Gasteiger partial charge in [0, 0.05) is 12.1 Å². The van der Waals surface area contributed by atoms with Crippen molar-refractivity contribution >= 4 is 24.8 Å². The van der Waals surface area contributed by atoms with Gasteiger partial charge in [0.1, 0.15) is 5.82 Å². The van der Waals surface area contributed by atoms with E-state index in [2.05, 4.69) is 31.1 Å². The first-order valence-corrected chi connectivity index (χ1v) is 8.23. The van der Waals surface area contributed by atoms with Crippen LogP contribution in [0.4, 0.5) is 4.39 Å². The van der Waals surface area contributed by atoms with Gasteiger partial charge in [0.25, 0.3) is 0 Å². The number of halogens is 3. The molecule has 0 aromatic heterocycles. The molecule has 0 amide bonds. The summed E-state index contributed by atoms with van der Waals surface area (Å²) in [6.07, 6.45) is 2.92. The molecule has 0 saturated carbocycles. The third-order valence-electron chi connectivity index (χ3n) is 4.64. The summed E-state index contributed by atoms with van der Waals surface area (Å²) in [4.78, 5) is 2.38. The molecule has 0 radical (unpaired) electrons. The van der Waals surface area contributed by atoms with E-state index in [1.165, 1.54) is 38.1 Å². The summed E-state index contributed by atoms with van der Waals surface area (Å²) in [6, 6.07) is 6.20. The largest absolute Gasteiger partial charge is 0.387 e. The lowest BCUT2D eigenvalue weighted by molar-refractivity contribution is 0.142. The number of likely N-dealkylation sites (tertiary alicyclic amines) is 1. The molecule has 0 bridgehead atoms. The van der Waals surface area contributed by atoms with Crippen LogP contribution in [0.2, 0.25) is 0 Å². The summed E-state index contributed by atoms with van der Waals surface area (Å²) < 4.78 is 13.2. The molecule has 24 heavy (non-hydrogen) atoms. The first-order valence-electron chi connectivity index (χ1n) is 8.23. The Morgan fingerprint density at radius 1 is 1.29 bits per heavy atom. The van der Waals surface area contributed by atoms with E-state index in [-0.39, 0.29) is 36.2 Å². The number of nitrogens with zero attached hydrogens (tertiary/aromatic N) is 1. The quantitative estimate of drug-likeness (QED) is 0.787. The summed E-state index contributed by atoms with van der Waals surface area (Å²) in [5, 5.41) is 13.7. The monoisotopic (exact) mass is 380 g/mol. The molecule has 0 unspecified atom stereocenters. The van der Waals surface area contributed by atoms with Crippen LogP contribution in [-0.4, -0.2) is 42.2 Å². The number of β-amino-alcohol motifs (C(OH)–C–C–N with tert-alkyl or cyclic N) is 1. The topological polar surface area (TPSA) is 35.5 Å². The highest BCUT2D eigenvalue weighted by atomic mass is 35.5. The number of hydrogen-bond acceptors (Lipinski definition) is 3. The Labute approximate surface area is 157 Å². The summed E-state index contributed by atoms with van der Waals surface area (Å²) >= 11 is 0. The molecule has 0 aliphatic carbocycles. The van der Waals surface area contributed by atoms with Crippen LogP contribution in [-0.2, 0) is 0 Å². The normalized spacial score (nSPS) is 17.7. The third-order valence-corrected chi connectivity index (χ3v) is 4.64. The van der Waals surface area contributed by atoms with Crippen molar-refractivity contribution in [2.45, 2.75) is 44.8 Å². The summed E-state index contributed by atoms with van der Waals surface area (Å²) in [5.74, 6) is 0.437. The van der Waals surface area contributed by atoms with Crippen molar-refractivity contribution < 1.29 is 9.50 Å². The van der Waals surface area contributed by atoms with Gasteiger partial charge in [-0.25, -0.2) is 4.39 Å². The van der Waals surface area contributed by atoms with Gasteiger partial charge in [0.2, 0.25) is 0 Å². The Morgan fingerprint density at radius 2 is 1.92 bits per heavy atom. The van der Waals surface area contributed by atoms with Crippen LogP contribution >= 0.6 is 24.8 Å². The molecule has 1 atom stereocenters. The Kier molecular flexibility index (Phi) is 10.4. The van der Waals surface area contributed by atoms with E-state index >= 15 is 0 Å². The lowest BCUT2D eigenvalue weighted by atomic mass is 9.84. The highest BCUT2D eigenvalue weighted by molar-refractivity contribution is 5.85. The molecule has 0 spiro atoms. The number of rotatable bonds is 6. The number of nitrogens with one attached hydrogen (secondary N) is 1. The van der Waals surface area contributed by atoms with Crippen LogP contribution in [0.3, 0.4) is 0 Å². The maximum absolute atomic E-state index is 13.2. The van der Waals surface area contributed by atoms with Gasteiger partial charge in [-0.1, -0.05) is 12.1 Å². The van der Waals surface area contributed by atoms with Crippen LogP contribution in [0.15, 0.2) is 24.3 Å². The highest BCUT2D eigenvalue weighted by Crippen LogP contribution is 2.26. The first-order chi connectivity index (χ1) is 10.4. The van der Waals surface area contributed by atoms with Crippen molar-refractivity contribution in [3.8, 4) is 0 Å². The average Bonchev–Trinajstić information content (AvgIpc) is 2.47. The maximum atomic E-state index is 13.2. The molecule has 2 N–H and O–H groups in total. The second-order valence-electron chi connectivity index (χ2n) is 7.29. The van der Waals surface area contributed by atoms with Crippen molar-refractivity contribution in [3.63, 3.8) is 0 Å². The fraction of sp³-hybridized carbons (Fsp3) is 0.667. The van der Waals surface area contributed by atoms with Crippen molar-refractivity contribution in [2.75, 3.05) is 26.7 Å². The van der Waals surface area contributed by atoms with E-state index in [1.54, 1.807) is 12.1 Å². The SMILES string of the molecule is CN1CCC(CC(C)(C)NC[C@H](O)c2cccc(F)c2)CC1.Cl.Cl. The Bertz CT molecular complexity index is 480. The summed E-state index contributed by atoms with van der Waals surface area (Å²) in [5.41, 5.74) is 0.608. The molecule has 1 saturated heterocycles. The first kappa shape index (κ1) is 23.6. The van der Waals surface area contributed by atoms with Crippen LogP contribution in [0.1, 0.15) is 44.8 Å². The predicted molar refractivity (Wildman–Crippen MR) is 103 cm³/mol. The zero-order chi connectivity index (χ0) is 16.2. The number of benzene rings is 1. The smallest absolute Gasteiger partial charge is 0.123 e. The Hall–Kier alpha value is -0.390. The zero-order valence-electron chi connectivity index (χ0n) is 14.8. The van der Waals surface area contributed by atoms with Gasteiger partial charge in [-0.15, -0.1) is 24.8 Å². The van der Waals surface area contributed by atoms with Crippen LogP contribution in [0.25, 0.3) is 0 Å². The fourth-order valence-corrected chi connectivity index (χ4v) is 3.26. The number of hydrogen-bond donors (Lipinski definition) is 2. The molecular weight excluding hydrogens is 350 g/mol. The molecule has 1 fully saturated rings. The van der Waals surface area contributed by atoms with Crippen LogP contribution in [0.5, 0.6) is 0 Å². The van der Waals surface area contributed by atoms with Crippen molar-refractivity contribution in [1.82, 2.24) is 10.2 Å². The molecule has 1 aliphatic heterocycles. The van der Waals surface area contributed by atoms with Crippen molar-refractivity contribution in [3.05, 3.63) is 35.6 Å². The molecule has 1 aliphatic rings. The van der Waals surface area contributed by atoms with Crippen molar-refractivity contribution in [2.24, 2.45) is 5.92 Å². The Morgan fingerprint density at radius 3 is 2.50 bits per heavy atom. The summed E-state index contributed by atoms with van der Waals surface area (Å²) in [6.45, 7) is 7.16.